The van der Waals surface area contributed by atoms with Crippen LogP contribution in [0.3, 0.4) is 0 Å². The fourth-order valence-corrected chi connectivity index (χ4v) is 8.44. The molecule has 5 atom stereocenters. The maximum absolute atomic E-state index is 13.7. The number of hydrogen-bond donors (Lipinski definition) is 1. The van der Waals surface area contributed by atoms with Crippen LogP contribution in [0.1, 0.15) is 128 Å². The molecule has 2 aliphatic rings. The summed E-state index contributed by atoms with van der Waals surface area (Å²) in [5.41, 5.74) is -1.19. The molecular formula is C50H77N7O10. The summed E-state index contributed by atoms with van der Waals surface area (Å²) in [5.74, 6) is -1.08. The summed E-state index contributed by atoms with van der Waals surface area (Å²) < 4.78 is 38.4. The van der Waals surface area contributed by atoms with Crippen molar-refractivity contribution < 1.29 is 47.6 Å². The number of esters is 1. The van der Waals surface area contributed by atoms with Crippen LogP contribution < -0.4 is 10.2 Å². The molecule has 5 rings (SSSR count). The Hall–Kier alpha value is -5.00. The Kier molecular flexibility index (Phi) is 16.7. The number of fused-ring (bicyclic) bond motifs is 2. The van der Waals surface area contributed by atoms with Crippen LogP contribution in [0.5, 0.6) is 0 Å². The molecule has 1 aliphatic carbocycles. The molecule has 1 saturated heterocycles. The lowest BCUT2D eigenvalue weighted by molar-refractivity contribution is -0.161. The van der Waals surface area contributed by atoms with Gasteiger partial charge in [0.05, 0.1) is 17.5 Å². The van der Waals surface area contributed by atoms with Gasteiger partial charge in [-0.05, 0) is 141 Å². The zero-order chi connectivity index (χ0) is 49.7. The molecule has 1 saturated carbocycles. The zero-order valence-corrected chi connectivity index (χ0v) is 42.6. The topological polar surface area (TPSA) is 176 Å². The van der Waals surface area contributed by atoms with Crippen molar-refractivity contribution in [2.45, 2.75) is 175 Å². The molecule has 2 fully saturated rings. The van der Waals surface area contributed by atoms with E-state index in [1.165, 1.54) is 11.2 Å². The highest BCUT2D eigenvalue weighted by atomic mass is 16.8. The van der Waals surface area contributed by atoms with Crippen LogP contribution in [0, 0.1) is 5.92 Å². The number of amides is 3. The van der Waals surface area contributed by atoms with Gasteiger partial charge in [0.2, 0.25) is 0 Å². The van der Waals surface area contributed by atoms with Crippen LogP contribution in [-0.4, -0.2) is 135 Å². The van der Waals surface area contributed by atoms with Crippen molar-refractivity contribution in [1.29, 1.82) is 0 Å². The maximum Gasteiger partial charge on any atom is 0.415 e. The average molecular weight is 936 g/mol. The minimum atomic E-state index is -1.01. The number of ether oxygens (including phenoxy) is 6. The van der Waals surface area contributed by atoms with Crippen LogP contribution in [-0.2, 0) is 39.6 Å². The molecule has 17 nitrogen and oxygen atoms in total. The van der Waals surface area contributed by atoms with Crippen molar-refractivity contribution >= 4 is 41.1 Å². The second-order valence-electron chi connectivity index (χ2n) is 22.2. The van der Waals surface area contributed by atoms with Gasteiger partial charge in [-0.2, -0.15) is 0 Å². The number of rotatable bonds is 16. The minimum Gasteiger partial charge on any atom is -0.458 e. The smallest absolute Gasteiger partial charge is 0.415 e. The van der Waals surface area contributed by atoms with Crippen LogP contribution in [0.15, 0.2) is 48.9 Å². The molecule has 17 heteroatoms. The quantitative estimate of drug-likeness (QED) is 0.107. The van der Waals surface area contributed by atoms with Gasteiger partial charge in [0.15, 0.2) is 11.6 Å². The van der Waals surface area contributed by atoms with Crippen molar-refractivity contribution in [3.63, 3.8) is 0 Å². The predicted molar refractivity (Wildman–Crippen MR) is 256 cm³/mol. The monoisotopic (exact) mass is 936 g/mol. The number of nitrogens with zero attached hydrogens (tertiary/aromatic N) is 6. The standard InChI is InChI=1S/C50H77N7O10/c1-46(2,3)64-42(58)36(53-43(59)65-47(4,5)6)24-27-55(25-19-26-56(45(61)67-49(10,11)12)28-22-33-20-17-16-18-21-33)31-34-30-37(39-38(34)62-50(13,14)63-39)57-29-23-35-40(51-32-52-41(35)57)54(15)44(60)66-48(7,8)9/h16-18,20-21,23,29,32,34,36-39H,19,22,24-28,30-31H2,1-15H3,(H,53,59)/t34-,36+,37-,38-,39+/m1/s1. The Morgan fingerprint density at radius 3 is 2.01 bits per heavy atom. The highest BCUT2D eigenvalue weighted by molar-refractivity contribution is 5.97. The molecule has 2 aromatic heterocycles. The van der Waals surface area contributed by atoms with Crippen molar-refractivity contribution in [3.8, 4) is 0 Å². The molecule has 3 amide bonds. The number of nitrogens with one attached hydrogen (secondary N) is 1. The maximum atomic E-state index is 13.7. The number of hydrogen-bond acceptors (Lipinski definition) is 13. The summed E-state index contributed by atoms with van der Waals surface area (Å²) in [5, 5.41) is 3.47. The van der Waals surface area contributed by atoms with E-state index < -0.39 is 52.4 Å². The van der Waals surface area contributed by atoms with Crippen molar-refractivity contribution in [2.24, 2.45) is 5.92 Å². The molecule has 3 heterocycles. The summed E-state index contributed by atoms with van der Waals surface area (Å²) in [7, 11) is 1.63. The fraction of sp³-hybridized carbons (Fsp3) is 0.680. The largest absolute Gasteiger partial charge is 0.458 e. The molecule has 372 valence electrons. The average Bonchev–Trinajstić information content (AvgIpc) is 3.85. The lowest BCUT2D eigenvalue weighted by Gasteiger charge is -2.32. The van der Waals surface area contributed by atoms with E-state index in [0.29, 0.717) is 68.8 Å². The van der Waals surface area contributed by atoms with Crippen molar-refractivity contribution in [2.75, 3.05) is 44.7 Å². The van der Waals surface area contributed by atoms with E-state index in [1.54, 1.807) is 53.5 Å². The lowest BCUT2D eigenvalue weighted by Crippen LogP contribution is -2.48. The van der Waals surface area contributed by atoms with Gasteiger partial charge in [0, 0.05) is 45.3 Å². The molecule has 67 heavy (non-hydrogen) atoms. The number of carbonyl (C=O) groups is 4. The van der Waals surface area contributed by atoms with Crippen LogP contribution in [0.2, 0.25) is 0 Å². The number of aromatic nitrogens is 3. The Labute approximate surface area is 397 Å². The highest BCUT2D eigenvalue weighted by Crippen LogP contribution is 2.48. The van der Waals surface area contributed by atoms with Crippen LogP contribution >= 0.6 is 0 Å². The summed E-state index contributed by atoms with van der Waals surface area (Å²) in [4.78, 5) is 68.2. The molecule has 0 spiro atoms. The van der Waals surface area contributed by atoms with E-state index in [0.717, 1.165) is 5.56 Å². The summed E-state index contributed by atoms with van der Waals surface area (Å²) in [6, 6.07) is 10.7. The third-order valence-corrected chi connectivity index (χ3v) is 11.1. The normalized spacial score (nSPS) is 20.0. The first-order valence-corrected chi connectivity index (χ1v) is 23.6. The summed E-state index contributed by atoms with van der Waals surface area (Å²) >= 11 is 0. The highest BCUT2D eigenvalue weighted by Gasteiger charge is 2.55. The van der Waals surface area contributed by atoms with E-state index >= 15 is 0 Å². The molecule has 0 bridgehead atoms. The van der Waals surface area contributed by atoms with Gasteiger partial charge in [0.25, 0.3) is 0 Å². The van der Waals surface area contributed by atoms with Gasteiger partial charge in [-0.25, -0.2) is 29.1 Å². The third-order valence-electron chi connectivity index (χ3n) is 11.1. The molecule has 0 radical (unpaired) electrons. The first-order valence-electron chi connectivity index (χ1n) is 23.6. The Morgan fingerprint density at radius 2 is 1.39 bits per heavy atom. The lowest BCUT2D eigenvalue weighted by atomic mass is 10.0. The van der Waals surface area contributed by atoms with Crippen molar-refractivity contribution in [1.82, 2.24) is 29.7 Å². The van der Waals surface area contributed by atoms with Gasteiger partial charge < -0.3 is 48.1 Å². The Morgan fingerprint density at radius 1 is 0.776 bits per heavy atom. The predicted octanol–water partition coefficient (Wildman–Crippen LogP) is 8.68. The molecular weight excluding hydrogens is 859 g/mol. The number of anilines is 1. The zero-order valence-electron chi connectivity index (χ0n) is 42.6. The van der Waals surface area contributed by atoms with E-state index in [-0.39, 0.29) is 36.7 Å². The Bertz CT molecular complexity index is 2150. The number of carbonyl (C=O) groups excluding carboxylic acids is 4. The number of benzene rings is 1. The molecule has 1 N–H and O–H groups in total. The SMILES string of the molecule is CN(C(=O)OC(C)(C)C)c1ncnc2c1ccn2[C@@H]1C[C@H](CN(CCCN(CCc2ccccc2)C(=O)OC(C)(C)C)CC[C@H](NC(=O)OC(C)(C)C)C(=O)OC(C)(C)C)[C@H]2OC(C)(C)O[C@H]21. The number of alkyl carbamates (subject to hydrolysis) is 1. The summed E-state index contributed by atoms with van der Waals surface area (Å²) in [6.45, 7) is 27.9. The second-order valence-corrected chi connectivity index (χ2v) is 22.2. The van der Waals surface area contributed by atoms with Crippen molar-refractivity contribution in [3.05, 3.63) is 54.5 Å². The Balaban J connectivity index is 1.44. The van der Waals surface area contributed by atoms with Gasteiger partial charge in [0.1, 0.15) is 46.5 Å². The van der Waals surface area contributed by atoms with E-state index in [9.17, 15) is 19.2 Å². The first kappa shape index (κ1) is 53.0. The van der Waals surface area contributed by atoms with Gasteiger partial charge in [-0.1, -0.05) is 30.3 Å². The second kappa shape index (κ2) is 21.1. The summed E-state index contributed by atoms with van der Waals surface area (Å²) in [6.07, 6.45) is 3.24. The molecule has 0 unspecified atom stereocenters. The first-order chi connectivity index (χ1) is 31.0. The van der Waals surface area contributed by atoms with Crippen LogP contribution in [0.25, 0.3) is 11.0 Å². The van der Waals surface area contributed by atoms with Gasteiger partial charge >= 0.3 is 24.2 Å². The van der Waals surface area contributed by atoms with Crippen LogP contribution in [0.4, 0.5) is 20.2 Å². The van der Waals surface area contributed by atoms with E-state index in [2.05, 4.69) is 19.8 Å². The fourth-order valence-electron chi connectivity index (χ4n) is 8.44. The minimum absolute atomic E-state index is 0.0567. The van der Waals surface area contributed by atoms with E-state index in [4.69, 9.17) is 33.4 Å². The molecule has 1 aromatic carbocycles. The van der Waals surface area contributed by atoms with Gasteiger partial charge in [-0.15, -0.1) is 0 Å². The third kappa shape index (κ3) is 15.8. The van der Waals surface area contributed by atoms with E-state index in [1.807, 2.05) is 98.0 Å². The van der Waals surface area contributed by atoms with Gasteiger partial charge in [-0.3, -0.25) is 4.90 Å². The molecule has 3 aromatic rings. The molecule has 1 aliphatic heterocycles.